The van der Waals surface area contributed by atoms with Crippen LogP contribution in [0.25, 0.3) is 0 Å². The van der Waals surface area contributed by atoms with E-state index in [1.807, 2.05) is 31.3 Å². The highest BCUT2D eigenvalue weighted by Crippen LogP contribution is 2.29. The van der Waals surface area contributed by atoms with Crippen LogP contribution in [0.4, 0.5) is 0 Å². The Labute approximate surface area is 196 Å². The predicted molar refractivity (Wildman–Crippen MR) is 132 cm³/mol. The number of aliphatic imine (C=N–C) groups is 1. The number of nitrogens with one attached hydrogen (secondary N) is 2. The number of hydrogen-bond acceptors (Lipinski definition) is 4. The zero-order valence-electron chi connectivity index (χ0n) is 18.1. The van der Waals surface area contributed by atoms with Crippen LogP contribution in [0.5, 0.6) is 11.5 Å². The van der Waals surface area contributed by atoms with Gasteiger partial charge in [0.2, 0.25) is 0 Å². The second-order valence-corrected chi connectivity index (χ2v) is 7.41. The largest absolute Gasteiger partial charge is 0.497 e. The number of aryl methyl sites for hydroxylation is 1. The summed E-state index contributed by atoms with van der Waals surface area (Å²) >= 11 is 0. The lowest BCUT2D eigenvalue weighted by molar-refractivity contribution is 0.207. The Kier molecular flexibility index (Phi) is 10.2. The molecule has 0 amide bonds. The molecule has 1 heterocycles. The lowest BCUT2D eigenvalue weighted by Crippen LogP contribution is -2.38. The molecule has 30 heavy (non-hydrogen) atoms. The van der Waals surface area contributed by atoms with E-state index >= 15 is 0 Å². The van der Waals surface area contributed by atoms with Crippen molar-refractivity contribution in [3.05, 3.63) is 53.3 Å². The number of rotatable bonds is 8. The maximum absolute atomic E-state index is 6.28. The first-order valence-electron chi connectivity index (χ1n) is 10.4. The second-order valence-electron chi connectivity index (χ2n) is 7.41. The van der Waals surface area contributed by atoms with Crippen molar-refractivity contribution >= 4 is 29.9 Å². The van der Waals surface area contributed by atoms with E-state index in [2.05, 4.69) is 32.7 Å². The molecular weight excluding hydrogens is 491 g/mol. The van der Waals surface area contributed by atoms with E-state index in [9.17, 15) is 0 Å². The van der Waals surface area contributed by atoms with Gasteiger partial charge in [-0.05, 0) is 62.8 Å². The number of hydrogen-bond donors (Lipinski definition) is 2. The van der Waals surface area contributed by atoms with E-state index in [4.69, 9.17) is 9.47 Å². The number of benzene rings is 1. The quantitative estimate of drug-likeness (QED) is 0.307. The average Bonchev–Trinajstić information content (AvgIpc) is 3.25. The van der Waals surface area contributed by atoms with Gasteiger partial charge in [-0.1, -0.05) is 6.07 Å². The van der Waals surface area contributed by atoms with Gasteiger partial charge in [-0.3, -0.25) is 9.98 Å². The molecule has 1 saturated carbocycles. The molecule has 7 heteroatoms. The fraction of sp³-hybridized carbons (Fsp3) is 0.478. The van der Waals surface area contributed by atoms with Gasteiger partial charge >= 0.3 is 0 Å². The van der Waals surface area contributed by atoms with Crippen LogP contribution in [0.3, 0.4) is 0 Å². The third-order valence-electron chi connectivity index (χ3n) is 5.22. The smallest absolute Gasteiger partial charge is 0.191 e. The first kappa shape index (κ1) is 24.2. The molecule has 1 fully saturated rings. The molecule has 3 rings (SSSR count). The lowest BCUT2D eigenvalue weighted by Gasteiger charge is -2.19. The molecular formula is C23H33IN4O2. The summed E-state index contributed by atoms with van der Waals surface area (Å²) in [5.41, 5.74) is 3.35. The number of halogens is 1. The van der Waals surface area contributed by atoms with E-state index in [1.54, 1.807) is 14.2 Å². The molecule has 1 aliphatic rings. The van der Waals surface area contributed by atoms with Crippen molar-refractivity contribution in [3.63, 3.8) is 0 Å². The van der Waals surface area contributed by atoms with Gasteiger partial charge in [-0.25, -0.2) is 0 Å². The third kappa shape index (κ3) is 7.34. The standard InChI is InChI=1S/C23H32N4O2.HI/c1-17-8-9-18(15-26-17)12-13-25-23(24-2)27-16-19-10-11-21(28-3)14-22(19)29-20-6-4-5-7-20;/h8-11,14-15,20H,4-7,12-13,16H2,1-3H3,(H2,24,25,27);1H. The summed E-state index contributed by atoms with van der Waals surface area (Å²) < 4.78 is 11.7. The van der Waals surface area contributed by atoms with Crippen molar-refractivity contribution in [1.82, 2.24) is 15.6 Å². The van der Waals surface area contributed by atoms with Gasteiger partial charge in [0.25, 0.3) is 0 Å². The van der Waals surface area contributed by atoms with Crippen molar-refractivity contribution in [3.8, 4) is 11.5 Å². The number of ether oxygens (including phenoxy) is 2. The Morgan fingerprint density at radius 2 is 1.97 bits per heavy atom. The van der Waals surface area contributed by atoms with Crippen LogP contribution in [0.15, 0.2) is 41.5 Å². The second kappa shape index (κ2) is 12.6. The molecule has 164 valence electrons. The minimum Gasteiger partial charge on any atom is -0.497 e. The zero-order valence-corrected chi connectivity index (χ0v) is 20.4. The van der Waals surface area contributed by atoms with E-state index in [0.29, 0.717) is 12.6 Å². The summed E-state index contributed by atoms with van der Waals surface area (Å²) in [6, 6.07) is 10.2. The van der Waals surface area contributed by atoms with Crippen molar-refractivity contribution in [2.45, 2.75) is 51.7 Å². The van der Waals surface area contributed by atoms with Crippen LogP contribution >= 0.6 is 24.0 Å². The van der Waals surface area contributed by atoms with E-state index in [-0.39, 0.29) is 24.0 Å². The molecule has 0 aliphatic heterocycles. The Balaban J connectivity index is 0.00000320. The fourth-order valence-corrected chi connectivity index (χ4v) is 3.47. The topological polar surface area (TPSA) is 67.8 Å². The maximum Gasteiger partial charge on any atom is 0.191 e. The number of aromatic nitrogens is 1. The normalized spacial score (nSPS) is 14.2. The van der Waals surface area contributed by atoms with Crippen molar-refractivity contribution in [2.75, 3.05) is 20.7 Å². The van der Waals surface area contributed by atoms with Gasteiger partial charge < -0.3 is 20.1 Å². The van der Waals surface area contributed by atoms with E-state index < -0.39 is 0 Å². The third-order valence-corrected chi connectivity index (χ3v) is 5.22. The summed E-state index contributed by atoms with van der Waals surface area (Å²) in [4.78, 5) is 8.67. The molecule has 0 spiro atoms. The summed E-state index contributed by atoms with van der Waals surface area (Å²) in [6.45, 7) is 3.42. The monoisotopic (exact) mass is 524 g/mol. The predicted octanol–water partition coefficient (Wildman–Crippen LogP) is 4.25. The zero-order chi connectivity index (χ0) is 20.5. The van der Waals surface area contributed by atoms with Gasteiger partial charge in [0.05, 0.1) is 13.2 Å². The van der Waals surface area contributed by atoms with Gasteiger partial charge in [0, 0.05) is 43.7 Å². The average molecular weight is 524 g/mol. The van der Waals surface area contributed by atoms with Crippen LogP contribution in [0.2, 0.25) is 0 Å². The van der Waals surface area contributed by atoms with Gasteiger partial charge in [-0.15, -0.1) is 24.0 Å². The first-order chi connectivity index (χ1) is 14.2. The summed E-state index contributed by atoms with van der Waals surface area (Å²) in [5, 5.41) is 6.75. The van der Waals surface area contributed by atoms with Crippen LogP contribution in [0, 0.1) is 6.92 Å². The molecule has 0 atom stereocenters. The van der Waals surface area contributed by atoms with E-state index in [0.717, 1.165) is 54.5 Å². The van der Waals surface area contributed by atoms with Gasteiger partial charge in [0.15, 0.2) is 5.96 Å². The molecule has 0 bridgehead atoms. The fourth-order valence-electron chi connectivity index (χ4n) is 3.47. The van der Waals surface area contributed by atoms with Gasteiger partial charge in [-0.2, -0.15) is 0 Å². The Morgan fingerprint density at radius 1 is 1.17 bits per heavy atom. The molecule has 1 aromatic carbocycles. The maximum atomic E-state index is 6.28. The summed E-state index contributed by atoms with van der Waals surface area (Å²) in [5.74, 6) is 2.48. The lowest BCUT2D eigenvalue weighted by atomic mass is 10.1. The van der Waals surface area contributed by atoms with Crippen LogP contribution in [-0.4, -0.2) is 37.7 Å². The van der Waals surface area contributed by atoms with Crippen molar-refractivity contribution in [1.29, 1.82) is 0 Å². The summed E-state index contributed by atoms with van der Waals surface area (Å²) in [7, 11) is 3.47. The molecule has 0 unspecified atom stereocenters. The molecule has 1 aliphatic carbocycles. The minimum absolute atomic E-state index is 0. The van der Waals surface area contributed by atoms with Crippen molar-refractivity contribution < 1.29 is 9.47 Å². The molecule has 1 aromatic heterocycles. The molecule has 0 saturated heterocycles. The number of methoxy groups -OCH3 is 1. The first-order valence-corrected chi connectivity index (χ1v) is 10.4. The van der Waals surface area contributed by atoms with Gasteiger partial charge in [0.1, 0.15) is 11.5 Å². The van der Waals surface area contributed by atoms with E-state index in [1.165, 1.54) is 18.4 Å². The highest BCUT2D eigenvalue weighted by atomic mass is 127. The molecule has 2 aromatic rings. The Bertz CT molecular complexity index is 805. The SMILES string of the molecule is CN=C(NCCc1ccc(C)nc1)NCc1ccc(OC)cc1OC1CCCC1.I. The highest BCUT2D eigenvalue weighted by Gasteiger charge is 2.18. The minimum atomic E-state index is 0. The van der Waals surface area contributed by atoms with Crippen LogP contribution < -0.4 is 20.1 Å². The van der Waals surface area contributed by atoms with Crippen molar-refractivity contribution in [2.24, 2.45) is 4.99 Å². The Morgan fingerprint density at radius 3 is 2.63 bits per heavy atom. The molecule has 6 nitrogen and oxygen atoms in total. The highest BCUT2D eigenvalue weighted by molar-refractivity contribution is 14.0. The number of guanidine groups is 1. The molecule has 0 radical (unpaired) electrons. The number of pyridine rings is 1. The summed E-state index contributed by atoms with van der Waals surface area (Å²) in [6.07, 6.45) is 7.87. The van der Waals surface area contributed by atoms with Crippen LogP contribution in [0.1, 0.15) is 42.5 Å². The van der Waals surface area contributed by atoms with Crippen LogP contribution in [-0.2, 0) is 13.0 Å². The Hall–Kier alpha value is -2.03. The number of nitrogens with zero attached hydrogens (tertiary/aromatic N) is 2. The molecule has 2 N–H and O–H groups in total.